The molecule has 2 rings (SSSR count). The van der Waals surface area contributed by atoms with Gasteiger partial charge in [0.25, 0.3) is 0 Å². The Balaban J connectivity index is 2.43. The lowest BCUT2D eigenvalue weighted by molar-refractivity contribution is 0.102. The molecule has 3 nitrogen and oxygen atoms in total. The molecule has 0 aromatic carbocycles. The maximum absolute atomic E-state index is 12.4. The Kier molecular flexibility index (Phi) is 3.43. The summed E-state index contributed by atoms with van der Waals surface area (Å²) < 4.78 is 1.79. The zero-order chi connectivity index (χ0) is 12.4. The molecule has 0 N–H and O–H groups in total. The van der Waals surface area contributed by atoms with Crippen LogP contribution in [0.5, 0.6) is 0 Å². The number of aromatic nitrogens is 2. The van der Waals surface area contributed by atoms with Gasteiger partial charge >= 0.3 is 0 Å². The lowest BCUT2D eigenvalue weighted by Gasteiger charge is -2.02. The second-order valence-corrected chi connectivity index (χ2v) is 5.03. The summed E-state index contributed by atoms with van der Waals surface area (Å²) in [6.45, 7) is 6.76. The van der Waals surface area contributed by atoms with Crippen LogP contribution in [-0.4, -0.2) is 15.6 Å². The van der Waals surface area contributed by atoms with Crippen molar-refractivity contribution in [3.63, 3.8) is 0 Å². The summed E-state index contributed by atoms with van der Waals surface area (Å²) in [7, 11) is 0. The minimum Gasteiger partial charge on any atom is -0.287 e. The summed E-state index contributed by atoms with van der Waals surface area (Å²) in [6, 6.07) is 3.80. The number of ketones is 1. The van der Waals surface area contributed by atoms with Crippen molar-refractivity contribution in [2.24, 2.45) is 0 Å². The minimum atomic E-state index is 0.0813. The molecule has 17 heavy (non-hydrogen) atoms. The third-order valence-corrected chi connectivity index (χ3v) is 3.67. The number of carbonyl (C=O) groups excluding carboxylic acids is 1. The van der Waals surface area contributed by atoms with Gasteiger partial charge in [-0.05, 0) is 37.8 Å². The van der Waals surface area contributed by atoms with Gasteiger partial charge in [0.1, 0.15) is 5.69 Å². The molecule has 2 heterocycles. The van der Waals surface area contributed by atoms with Crippen LogP contribution < -0.4 is 0 Å². The van der Waals surface area contributed by atoms with E-state index in [1.165, 1.54) is 0 Å². The molecule has 0 saturated heterocycles. The van der Waals surface area contributed by atoms with E-state index in [-0.39, 0.29) is 5.78 Å². The van der Waals surface area contributed by atoms with E-state index in [4.69, 9.17) is 0 Å². The Hall–Kier alpha value is -1.42. The van der Waals surface area contributed by atoms with Crippen molar-refractivity contribution in [2.75, 3.05) is 0 Å². The maximum Gasteiger partial charge on any atom is 0.212 e. The van der Waals surface area contributed by atoms with E-state index < -0.39 is 0 Å². The van der Waals surface area contributed by atoms with Crippen LogP contribution in [0, 0.1) is 6.92 Å². The third-order valence-electron chi connectivity index (χ3n) is 2.83. The number of aryl methyl sites for hydroxylation is 3. The number of hydrogen-bond donors (Lipinski definition) is 0. The van der Waals surface area contributed by atoms with Crippen molar-refractivity contribution < 1.29 is 4.79 Å². The van der Waals surface area contributed by atoms with Crippen molar-refractivity contribution in [1.82, 2.24) is 9.78 Å². The van der Waals surface area contributed by atoms with Crippen molar-refractivity contribution in [2.45, 2.75) is 33.7 Å². The van der Waals surface area contributed by atoms with Gasteiger partial charge < -0.3 is 0 Å². The standard InChI is InChI=1S/C13H16N2OS/c1-4-10-8-12(15(5-2)14-10)13(16)11-6-7-17-9(11)3/h6-8H,4-5H2,1-3H3. The van der Waals surface area contributed by atoms with Crippen LogP contribution in [0.4, 0.5) is 0 Å². The molecule has 0 spiro atoms. The zero-order valence-corrected chi connectivity index (χ0v) is 11.2. The first kappa shape index (κ1) is 12.0. The van der Waals surface area contributed by atoms with Gasteiger partial charge in [-0.15, -0.1) is 11.3 Å². The third kappa shape index (κ3) is 2.17. The van der Waals surface area contributed by atoms with Crippen molar-refractivity contribution in [3.8, 4) is 0 Å². The fraction of sp³-hybridized carbons (Fsp3) is 0.385. The molecule has 0 saturated carbocycles. The molecule has 2 aromatic rings. The van der Waals surface area contributed by atoms with Crippen LogP contribution in [-0.2, 0) is 13.0 Å². The summed E-state index contributed by atoms with van der Waals surface area (Å²) >= 11 is 1.60. The number of rotatable bonds is 4. The molecule has 0 unspecified atom stereocenters. The molecule has 0 aliphatic carbocycles. The fourth-order valence-corrected chi connectivity index (χ4v) is 2.52. The molecule has 90 valence electrons. The molecule has 2 aromatic heterocycles. The smallest absolute Gasteiger partial charge is 0.212 e. The predicted octanol–water partition coefficient (Wildman–Crippen LogP) is 3.07. The molecule has 0 atom stereocenters. The zero-order valence-electron chi connectivity index (χ0n) is 10.4. The first-order valence-corrected chi connectivity index (χ1v) is 6.70. The molecule has 0 radical (unpaired) electrons. The SMILES string of the molecule is CCc1cc(C(=O)c2ccsc2C)n(CC)n1. The number of thiophene rings is 1. The second-order valence-electron chi connectivity index (χ2n) is 3.91. The Morgan fingerprint density at radius 3 is 2.76 bits per heavy atom. The minimum absolute atomic E-state index is 0.0813. The van der Waals surface area contributed by atoms with E-state index in [9.17, 15) is 4.79 Å². The van der Waals surface area contributed by atoms with Gasteiger partial charge in [0, 0.05) is 17.0 Å². The van der Waals surface area contributed by atoms with Gasteiger partial charge in [-0.1, -0.05) is 6.92 Å². The van der Waals surface area contributed by atoms with Crippen molar-refractivity contribution in [3.05, 3.63) is 39.3 Å². The van der Waals surface area contributed by atoms with Crippen LogP contribution in [0.25, 0.3) is 0 Å². The molecule has 0 aliphatic rings. The lowest BCUT2D eigenvalue weighted by atomic mass is 10.1. The van der Waals surface area contributed by atoms with E-state index >= 15 is 0 Å². The molecular weight excluding hydrogens is 232 g/mol. The first-order chi connectivity index (χ1) is 8.17. The Labute approximate surface area is 105 Å². The first-order valence-electron chi connectivity index (χ1n) is 5.82. The topological polar surface area (TPSA) is 34.9 Å². The summed E-state index contributed by atoms with van der Waals surface area (Å²) in [5, 5.41) is 6.36. The summed E-state index contributed by atoms with van der Waals surface area (Å²) in [5.41, 5.74) is 2.47. The van der Waals surface area contributed by atoms with E-state index in [0.717, 1.165) is 29.1 Å². The van der Waals surface area contributed by atoms with Gasteiger partial charge in [0.15, 0.2) is 0 Å². The van der Waals surface area contributed by atoms with Crippen LogP contribution in [0.3, 0.4) is 0 Å². The summed E-state index contributed by atoms with van der Waals surface area (Å²) in [5.74, 6) is 0.0813. The summed E-state index contributed by atoms with van der Waals surface area (Å²) in [6.07, 6.45) is 0.857. The van der Waals surface area contributed by atoms with Gasteiger partial charge in [-0.2, -0.15) is 5.10 Å². The molecular formula is C13H16N2OS. The highest BCUT2D eigenvalue weighted by molar-refractivity contribution is 7.10. The highest BCUT2D eigenvalue weighted by Crippen LogP contribution is 2.19. The van der Waals surface area contributed by atoms with Crippen LogP contribution >= 0.6 is 11.3 Å². The molecule has 4 heteroatoms. The monoisotopic (exact) mass is 248 g/mol. The van der Waals surface area contributed by atoms with Crippen LogP contribution in [0.1, 0.15) is 40.5 Å². The van der Waals surface area contributed by atoms with E-state index in [2.05, 4.69) is 5.10 Å². The van der Waals surface area contributed by atoms with Gasteiger partial charge in [-0.3, -0.25) is 9.48 Å². The number of hydrogen-bond acceptors (Lipinski definition) is 3. The van der Waals surface area contributed by atoms with E-state index in [1.54, 1.807) is 16.0 Å². The molecule has 0 fully saturated rings. The van der Waals surface area contributed by atoms with Crippen LogP contribution in [0.2, 0.25) is 0 Å². The quantitative estimate of drug-likeness (QED) is 0.779. The lowest BCUT2D eigenvalue weighted by Crippen LogP contribution is -2.10. The Morgan fingerprint density at radius 1 is 1.47 bits per heavy atom. The highest BCUT2D eigenvalue weighted by Gasteiger charge is 2.18. The number of nitrogens with zero attached hydrogens (tertiary/aromatic N) is 2. The average Bonchev–Trinajstić information content (AvgIpc) is 2.93. The van der Waals surface area contributed by atoms with Gasteiger partial charge in [0.05, 0.1) is 5.69 Å². The summed E-state index contributed by atoms with van der Waals surface area (Å²) in [4.78, 5) is 13.4. The van der Waals surface area contributed by atoms with Gasteiger partial charge in [-0.25, -0.2) is 0 Å². The maximum atomic E-state index is 12.4. The Bertz CT molecular complexity index is 539. The van der Waals surface area contributed by atoms with Crippen molar-refractivity contribution >= 4 is 17.1 Å². The molecule has 0 bridgehead atoms. The molecule has 0 amide bonds. The normalized spacial score (nSPS) is 10.8. The predicted molar refractivity (Wildman–Crippen MR) is 69.8 cm³/mol. The van der Waals surface area contributed by atoms with Crippen molar-refractivity contribution in [1.29, 1.82) is 0 Å². The van der Waals surface area contributed by atoms with E-state index in [0.29, 0.717) is 5.69 Å². The van der Waals surface area contributed by atoms with Crippen LogP contribution in [0.15, 0.2) is 17.5 Å². The highest BCUT2D eigenvalue weighted by atomic mass is 32.1. The fourth-order valence-electron chi connectivity index (χ4n) is 1.83. The number of carbonyl (C=O) groups is 1. The Morgan fingerprint density at radius 2 is 2.24 bits per heavy atom. The second kappa shape index (κ2) is 4.84. The van der Waals surface area contributed by atoms with Gasteiger partial charge in [0.2, 0.25) is 5.78 Å². The molecule has 0 aliphatic heterocycles. The average molecular weight is 248 g/mol. The van der Waals surface area contributed by atoms with E-state index in [1.807, 2.05) is 38.3 Å². The largest absolute Gasteiger partial charge is 0.287 e.